The summed E-state index contributed by atoms with van der Waals surface area (Å²) in [4.78, 5) is 11.3. The van der Waals surface area contributed by atoms with E-state index in [1.165, 1.54) is 18.4 Å². The molecule has 1 aliphatic rings. The van der Waals surface area contributed by atoms with Crippen molar-refractivity contribution in [2.75, 3.05) is 6.54 Å². The van der Waals surface area contributed by atoms with Gasteiger partial charge in [0.05, 0.1) is 6.54 Å². The zero-order valence-corrected chi connectivity index (χ0v) is 10.6. The molecule has 17 heavy (non-hydrogen) atoms. The van der Waals surface area contributed by atoms with Crippen LogP contribution in [0.25, 0.3) is 0 Å². The largest absolute Gasteiger partial charge is 0.352 e. The van der Waals surface area contributed by atoms with Crippen molar-refractivity contribution in [3.8, 4) is 0 Å². The minimum atomic E-state index is -0.0483. The summed E-state index contributed by atoms with van der Waals surface area (Å²) in [6.07, 6.45) is 3.36. The predicted molar refractivity (Wildman–Crippen MR) is 71.1 cm³/mol. The number of hydrogen-bond acceptors (Lipinski definition) is 2. The highest BCUT2D eigenvalue weighted by molar-refractivity contribution is 5.85. The zero-order valence-electron chi connectivity index (χ0n) is 9.76. The maximum absolute atomic E-state index is 11.3. The SMILES string of the molecule is Cl.NCC(=O)NC(Cc1ccccc1)C1CC1. The van der Waals surface area contributed by atoms with Crippen LogP contribution >= 0.6 is 12.4 Å². The van der Waals surface area contributed by atoms with Crippen molar-refractivity contribution in [1.29, 1.82) is 0 Å². The van der Waals surface area contributed by atoms with Gasteiger partial charge in [-0.1, -0.05) is 30.3 Å². The minimum Gasteiger partial charge on any atom is -0.352 e. The Morgan fingerprint density at radius 1 is 1.35 bits per heavy atom. The van der Waals surface area contributed by atoms with Crippen LogP contribution in [0, 0.1) is 5.92 Å². The van der Waals surface area contributed by atoms with Crippen LogP contribution in [-0.2, 0) is 11.2 Å². The minimum absolute atomic E-state index is 0. The van der Waals surface area contributed by atoms with E-state index in [-0.39, 0.29) is 30.9 Å². The number of nitrogens with one attached hydrogen (secondary N) is 1. The zero-order chi connectivity index (χ0) is 11.4. The van der Waals surface area contributed by atoms with Gasteiger partial charge in [0.15, 0.2) is 0 Å². The van der Waals surface area contributed by atoms with Crippen molar-refractivity contribution in [3.05, 3.63) is 35.9 Å². The second-order valence-electron chi connectivity index (χ2n) is 4.41. The Hall–Kier alpha value is -1.06. The molecule has 0 heterocycles. The Balaban J connectivity index is 0.00000144. The highest BCUT2D eigenvalue weighted by Gasteiger charge is 2.31. The van der Waals surface area contributed by atoms with Crippen LogP contribution in [-0.4, -0.2) is 18.5 Å². The molecule has 0 saturated heterocycles. The molecule has 0 aromatic heterocycles. The van der Waals surface area contributed by atoms with Crippen molar-refractivity contribution in [2.45, 2.75) is 25.3 Å². The maximum atomic E-state index is 11.3. The summed E-state index contributed by atoms with van der Waals surface area (Å²) in [6, 6.07) is 10.5. The summed E-state index contributed by atoms with van der Waals surface area (Å²) < 4.78 is 0. The number of benzene rings is 1. The van der Waals surface area contributed by atoms with Crippen LogP contribution in [0.5, 0.6) is 0 Å². The van der Waals surface area contributed by atoms with Crippen LogP contribution in [0.3, 0.4) is 0 Å². The van der Waals surface area contributed by atoms with Crippen LogP contribution in [0.1, 0.15) is 18.4 Å². The molecule has 94 valence electrons. The second-order valence-corrected chi connectivity index (χ2v) is 4.41. The molecule has 1 aromatic rings. The third-order valence-corrected chi connectivity index (χ3v) is 3.02. The van der Waals surface area contributed by atoms with Gasteiger partial charge in [0.25, 0.3) is 0 Å². The van der Waals surface area contributed by atoms with Crippen molar-refractivity contribution >= 4 is 18.3 Å². The summed E-state index contributed by atoms with van der Waals surface area (Å²) in [7, 11) is 0. The van der Waals surface area contributed by atoms with E-state index in [1.807, 2.05) is 18.2 Å². The van der Waals surface area contributed by atoms with Gasteiger partial charge in [0.2, 0.25) is 5.91 Å². The Morgan fingerprint density at radius 3 is 2.53 bits per heavy atom. The van der Waals surface area contributed by atoms with E-state index in [0.717, 1.165) is 6.42 Å². The Bertz CT molecular complexity index is 352. The fourth-order valence-electron chi connectivity index (χ4n) is 1.97. The average Bonchev–Trinajstić information content (AvgIpc) is 3.13. The summed E-state index contributed by atoms with van der Waals surface area (Å²) in [5.41, 5.74) is 6.60. The normalized spacial score (nSPS) is 15.8. The molecule has 1 atom stereocenters. The molecule has 0 bridgehead atoms. The Morgan fingerprint density at radius 2 is 2.00 bits per heavy atom. The lowest BCUT2D eigenvalue weighted by Crippen LogP contribution is -2.41. The average molecular weight is 255 g/mol. The van der Waals surface area contributed by atoms with E-state index in [9.17, 15) is 4.79 Å². The van der Waals surface area contributed by atoms with Crippen molar-refractivity contribution in [1.82, 2.24) is 5.32 Å². The third-order valence-electron chi connectivity index (χ3n) is 3.02. The monoisotopic (exact) mass is 254 g/mol. The molecule has 1 fully saturated rings. The quantitative estimate of drug-likeness (QED) is 0.837. The topological polar surface area (TPSA) is 55.1 Å². The standard InChI is InChI=1S/C13H18N2O.ClH/c14-9-13(16)15-12(11-6-7-11)8-10-4-2-1-3-5-10;/h1-5,11-12H,6-9,14H2,(H,15,16);1H. The first-order valence-electron chi connectivity index (χ1n) is 5.83. The highest BCUT2D eigenvalue weighted by atomic mass is 35.5. The molecule has 3 nitrogen and oxygen atoms in total. The van der Waals surface area contributed by atoms with E-state index in [1.54, 1.807) is 0 Å². The lowest BCUT2D eigenvalue weighted by molar-refractivity contribution is -0.120. The number of hydrogen-bond donors (Lipinski definition) is 2. The van der Waals surface area contributed by atoms with Gasteiger partial charge in [-0.3, -0.25) is 4.79 Å². The number of carbonyl (C=O) groups excluding carboxylic acids is 1. The first-order valence-corrected chi connectivity index (χ1v) is 5.83. The van der Waals surface area contributed by atoms with Crippen LogP contribution in [0.15, 0.2) is 30.3 Å². The number of halogens is 1. The van der Waals surface area contributed by atoms with Crippen LogP contribution in [0.2, 0.25) is 0 Å². The molecule has 1 amide bonds. The lowest BCUT2D eigenvalue weighted by atomic mass is 10.0. The molecule has 1 aliphatic carbocycles. The van der Waals surface area contributed by atoms with Gasteiger partial charge in [-0.05, 0) is 30.7 Å². The fraction of sp³-hybridized carbons (Fsp3) is 0.462. The highest BCUT2D eigenvalue weighted by Crippen LogP contribution is 2.34. The molecule has 0 spiro atoms. The summed E-state index contributed by atoms with van der Waals surface area (Å²) in [6.45, 7) is 0.0814. The van der Waals surface area contributed by atoms with Gasteiger partial charge < -0.3 is 11.1 Å². The molecule has 1 aromatic carbocycles. The molecule has 3 N–H and O–H groups in total. The second kappa shape index (κ2) is 6.62. The van der Waals surface area contributed by atoms with Gasteiger partial charge in [0.1, 0.15) is 0 Å². The summed E-state index contributed by atoms with van der Waals surface area (Å²) in [5.74, 6) is 0.600. The van der Waals surface area contributed by atoms with Crippen molar-refractivity contribution < 1.29 is 4.79 Å². The number of rotatable bonds is 5. The van der Waals surface area contributed by atoms with E-state index >= 15 is 0 Å². The summed E-state index contributed by atoms with van der Waals surface area (Å²) in [5, 5.41) is 3.01. The first kappa shape index (κ1) is 14.0. The molecule has 0 aliphatic heterocycles. The molecule has 2 rings (SSSR count). The smallest absolute Gasteiger partial charge is 0.233 e. The molecule has 1 unspecified atom stereocenters. The molecule has 4 heteroatoms. The molecular formula is C13H19ClN2O. The van der Waals surface area contributed by atoms with E-state index < -0.39 is 0 Å². The molecule has 0 radical (unpaired) electrons. The van der Waals surface area contributed by atoms with Gasteiger partial charge in [-0.2, -0.15) is 0 Å². The van der Waals surface area contributed by atoms with Crippen LogP contribution in [0.4, 0.5) is 0 Å². The Kier molecular flexibility index (Phi) is 5.45. The lowest BCUT2D eigenvalue weighted by Gasteiger charge is -2.17. The number of carbonyl (C=O) groups is 1. The maximum Gasteiger partial charge on any atom is 0.233 e. The third kappa shape index (κ3) is 4.36. The van der Waals surface area contributed by atoms with Crippen molar-refractivity contribution in [3.63, 3.8) is 0 Å². The predicted octanol–water partition coefficient (Wildman–Crippen LogP) is 1.50. The molecular weight excluding hydrogens is 236 g/mol. The Labute approximate surface area is 108 Å². The van der Waals surface area contributed by atoms with Crippen molar-refractivity contribution in [2.24, 2.45) is 11.7 Å². The first-order chi connectivity index (χ1) is 7.79. The van der Waals surface area contributed by atoms with E-state index in [2.05, 4.69) is 17.4 Å². The fourth-order valence-corrected chi connectivity index (χ4v) is 1.97. The van der Waals surface area contributed by atoms with Gasteiger partial charge in [0, 0.05) is 6.04 Å². The van der Waals surface area contributed by atoms with E-state index in [0.29, 0.717) is 5.92 Å². The van der Waals surface area contributed by atoms with Crippen LogP contribution < -0.4 is 11.1 Å². The number of amides is 1. The number of nitrogens with two attached hydrogens (primary N) is 1. The summed E-state index contributed by atoms with van der Waals surface area (Å²) >= 11 is 0. The van der Waals surface area contributed by atoms with E-state index in [4.69, 9.17) is 5.73 Å². The molecule has 1 saturated carbocycles. The van der Waals surface area contributed by atoms with Gasteiger partial charge in [-0.15, -0.1) is 12.4 Å². The van der Waals surface area contributed by atoms with Gasteiger partial charge >= 0.3 is 0 Å². The van der Waals surface area contributed by atoms with Gasteiger partial charge in [-0.25, -0.2) is 0 Å².